The number of amides is 3. The topological polar surface area (TPSA) is 97.0 Å². The summed E-state index contributed by atoms with van der Waals surface area (Å²) in [5, 5.41) is 5.39. The van der Waals surface area contributed by atoms with Crippen molar-refractivity contribution in [2.45, 2.75) is 13.8 Å². The lowest BCUT2D eigenvalue weighted by atomic mass is 10.1. The van der Waals surface area contributed by atoms with Crippen LogP contribution in [0.1, 0.15) is 12.5 Å². The first-order chi connectivity index (χ1) is 13.4. The number of hydrogen-bond donors (Lipinski definition) is 2. The number of methoxy groups -OCH3 is 1. The normalized spacial score (nSPS) is 12.7. The molecule has 3 rings (SSSR count). The Morgan fingerprint density at radius 3 is 2.64 bits per heavy atom. The van der Waals surface area contributed by atoms with Crippen molar-refractivity contribution in [2.24, 2.45) is 0 Å². The summed E-state index contributed by atoms with van der Waals surface area (Å²) in [4.78, 5) is 37.8. The monoisotopic (exact) mass is 383 g/mol. The van der Waals surface area contributed by atoms with Crippen LogP contribution in [0, 0.1) is 6.92 Å². The molecule has 146 valence electrons. The van der Waals surface area contributed by atoms with Gasteiger partial charge in [-0.3, -0.25) is 19.3 Å². The van der Waals surface area contributed by atoms with E-state index in [1.165, 1.54) is 18.9 Å². The van der Waals surface area contributed by atoms with E-state index < -0.39 is 5.91 Å². The number of hydrogen-bond acceptors (Lipinski definition) is 5. The van der Waals surface area contributed by atoms with E-state index in [4.69, 9.17) is 9.47 Å². The molecule has 8 heteroatoms. The molecule has 0 aromatic heterocycles. The first-order valence-electron chi connectivity index (χ1n) is 8.66. The Morgan fingerprint density at radius 2 is 1.93 bits per heavy atom. The van der Waals surface area contributed by atoms with Crippen molar-refractivity contribution < 1.29 is 23.9 Å². The van der Waals surface area contributed by atoms with Gasteiger partial charge in [0.2, 0.25) is 11.8 Å². The summed E-state index contributed by atoms with van der Waals surface area (Å²) in [6.45, 7) is 2.96. The van der Waals surface area contributed by atoms with Crippen LogP contribution in [0.2, 0.25) is 0 Å². The number of nitrogens with zero attached hydrogens (tertiary/aromatic N) is 1. The highest BCUT2D eigenvalue weighted by molar-refractivity contribution is 6.06. The number of aryl methyl sites for hydroxylation is 1. The molecule has 0 saturated carbocycles. The fraction of sp³-hybridized carbons (Fsp3) is 0.250. The summed E-state index contributed by atoms with van der Waals surface area (Å²) in [5.74, 6) is 0.0862. The molecule has 0 radical (unpaired) electrons. The molecule has 8 nitrogen and oxygen atoms in total. The molecule has 0 unspecified atom stereocenters. The predicted molar refractivity (Wildman–Crippen MR) is 105 cm³/mol. The van der Waals surface area contributed by atoms with Crippen LogP contribution in [0.4, 0.5) is 17.1 Å². The summed E-state index contributed by atoms with van der Waals surface area (Å²) < 4.78 is 10.6. The molecular formula is C20H21N3O5. The van der Waals surface area contributed by atoms with E-state index in [0.29, 0.717) is 28.6 Å². The minimum Gasteiger partial charge on any atom is -0.497 e. The number of fused-ring (bicyclic) bond motifs is 1. The summed E-state index contributed by atoms with van der Waals surface area (Å²) in [6.07, 6.45) is 0. The smallest absolute Gasteiger partial charge is 0.265 e. The molecule has 1 aliphatic rings. The van der Waals surface area contributed by atoms with Crippen LogP contribution in [0.25, 0.3) is 0 Å². The van der Waals surface area contributed by atoms with Crippen LogP contribution in [-0.4, -0.2) is 38.0 Å². The van der Waals surface area contributed by atoms with Gasteiger partial charge in [-0.1, -0.05) is 6.07 Å². The lowest BCUT2D eigenvalue weighted by Crippen LogP contribution is -2.43. The van der Waals surface area contributed by atoms with Crippen molar-refractivity contribution in [3.8, 4) is 11.5 Å². The van der Waals surface area contributed by atoms with Crippen LogP contribution in [0.5, 0.6) is 11.5 Å². The van der Waals surface area contributed by atoms with E-state index in [1.54, 1.807) is 30.3 Å². The van der Waals surface area contributed by atoms with Crippen LogP contribution in [-0.2, 0) is 14.4 Å². The highest BCUT2D eigenvalue weighted by Gasteiger charge is 2.27. The van der Waals surface area contributed by atoms with Crippen LogP contribution < -0.4 is 25.0 Å². The van der Waals surface area contributed by atoms with E-state index in [9.17, 15) is 14.4 Å². The number of nitrogens with one attached hydrogen (secondary N) is 2. The number of rotatable bonds is 5. The number of ether oxygens (including phenoxy) is 2. The first kappa shape index (κ1) is 19.2. The lowest BCUT2D eigenvalue weighted by molar-refractivity contribution is -0.123. The van der Waals surface area contributed by atoms with Crippen molar-refractivity contribution in [3.63, 3.8) is 0 Å². The Bertz CT molecular complexity index is 941. The summed E-state index contributed by atoms with van der Waals surface area (Å²) in [7, 11) is 1.50. The van der Waals surface area contributed by atoms with Gasteiger partial charge in [-0.15, -0.1) is 0 Å². The average Bonchev–Trinajstić information content (AvgIpc) is 2.65. The molecule has 2 aromatic rings. The SMILES string of the molecule is COc1ccc(NC(C)=O)c(NC(=O)CN2C(=O)COc3ccc(C)cc32)c1. The molecule has 3 amide bonds. The lowest BCUT2D eigenvalue weighted by Gasteiger charge is -2.29. The maximum atomic E-state index is 12.7. The zero-order chi connectivity index (χ0) is 20.3. The maximum Gasteiger partial charge on any atom is 0.265 e. The van der Waals surface area contributed by atoms with Gasteiger partial charge >= 0.3 is 0 Å². The molecule has 0 spiro atoms. The Kier molecular flexibility index (Phi) is 5.49. The van der Waals surface area contributed by atoms with Crippen molar-refractivity contribution in [3.05, 3.63) is 42.0 Å². The molecule has 1 aliphatic heterocycles. The quantitative estimate of drug-likeness (QED) is 0.826. The van der Waals surface area contributed by atoms with Gasteiger partial charge in [0.25, 0.3) is 5.91 Å². The number of carbonyl (C=O) groups is 3. The van der Waals surface area contributed by atoms with Crippen molar-refractivity contribution in [2.75, 3.05) is 35.8 Å². The zero-order valence-electron chi connectivity index (χ0n) is 15.9. The predicted octanol–water partition coefficient (Wildman–Crippen LogP) is 2.33. The van der Waals surface area contributed by atoms with Gasteiger partial charge < -0.3 is 20.1 Å². The van der Waals surface area contributed by atoms with Gasteiger partial charge in [0.05, 0.1) is 24.2 Å². The second-order valence-corrected chi connectivity index (χ2v) is 6.38. The van der Waals surface area contributed by atoms with Crippen LogP contribution >= 0.6 is 0 Å². The van der Waals surface area contributed by atoms with Gasteiger partial charge in [0, 0.05) is 13.0 Å². The van der Waals surface area contributed by atoms with Crippen molar-refractivity contribution in [1.29, 1.82) is 0 Å². The highest BCUT2D eigenvalue weighted by Crippen LogP contribution is 2.33. The summed E-state index contributed by atoms with van der Waals surface area (Å²) in [5.41, 5.74) is 2.32. The molecule has 1 heterocycles. The second kappa shape index (κ2) is 7.99. The summed E-state index contributed by atoms with van der Waals surface area (Å²) >= 11 is 0. The molecule has 2 aromatic carbocycles. The van der Waals surface area contributed by atoms with E-state index in [-0.39, 0.29) is 25.0 Å². The number of carbonyl (C=O) groups excluding carboxylic acids is 3. The van der Waals surface area contributed by atoms with Crippen LogP contribution in [0.15, 0.2) is 36.4 Å². The molecular weight excluding hydrogens is 362 g/mol. The minimum atomic E-state index is -0.414. The van der Waals surface area contributed by atoms with Gasteiger partial charge in [0.1, 0.15) is 18.0 Å². The second-order valence-electron chi connectivity index (χ2n) is 6.38. The van der Waals surface area contributed by atoms with E-state index >= 15 is 0 Å². The molecule has 0 aliphatic carbocycles. The third kappa shape index (κ3) is 4.22. The van der Waals surface area contributed by atoms with E-state index in [1.807, 2.05) is 13.0 Å². The van der Waals surface area contributed by atoms with Crippen LogP contribution in [0.3, 0.4) is 0 Å². The van der Waals surface area contributed by atoms with Gasteiger partial charge in [-0.05, 0) is 36.8 Å². The first-order valence-corrected chi connectivity index (χ1v) is 8.66. The zero-order valence-corrected chi connectivity index (χ0v) is 15.9. The molecule has 0 fully saturated rings. The third-order valence-electron chi connectivity index (χ3n) is 4.17. The highest BCUT2D eigenvalue weighted by atomic mass is 16.5. The Labute approximate surface area is 162 Å². The van der Waals surface area contributed by atoms with Crippen molar-refractivity contribution in [1.82, 2.24) is 0 Å². The summed E-state index contributed by atoms with van der Waals surface area (Å²) in [6, 6.07) is 10.4. The van der Waals surface area contributed by atoms with Gasteiger partial charge in [0.15, 0.2) is 6.61 Å². The fourth-order valence-electron chi connectivity index (χ4n) is 2.87. The Balaban J connectivity index is 1.82. The fourth-order valence-corrected chi connectivity index (χ4v) is 2.87. The third-order valence-corrected chi connectivity index (χ3v) is 4.17. The largest absolute Gasteiger partial charge is 0.497 e. The molecule has 28 heavy (non-hydrogen) atoms. The van der Waals surface area contributed by atoms with E-state index in [0.717, 1.165) is 5.56 Å². The number of benzene rings is 2. The standard InChI is InChI=1S/C20H21N3O5/c1-12-4-7-18-17(8-12)23(20(26)11-28-18)10-19(25)22-16-9-14(27-3)5-6-15(16)21-13(2)24/h4-9H,10-11H2,1-3H3,(H,21,24)(H,22,25). The maximum absolute atomic E-state index is 12.7. The molecule has 2 N–H and O–H groups in total. The Morgan fingerprint density at radius 1 is 1.14 bits per heavy atom. The molecule has 0 atom stereocenters. The van der Waals surface area contributed by atoms with Crippen molar-refractivity contribution >= 4 is 34.8 Å². The average molecular weight is 383 g/mol. The van der Waals surface area contributed by atoms with E-state index in [2.05, 4.69) is 10.6 Å². The molecule has 0 saturated heterocycles. The molecule has 0 bridgehead atoms. The Hall–Kier alpha value is -3.55. The van der Waals surface area contributed by atoms with Gasteiger partial charge in [-0.25, -0.2) is 0 Å². The van der Waals surface area contributed by atoms with Gasteiger partial charge in [-0.2, -0.15) is 0 Å². The minimum absolute atomic E-state index is 0.125. The number of anilines is 3.